The minimum atomic E-state index is -0.863. The molecule has 1 aliphatic heterocycles. The Hall–Kier alpha value is -1.01. The second-order valence-electron chi connectivity index (χ2n) is 6.53. The van der Waals surface area contributed by atoms with Crippen LogP contribution in [-0.2, 0) is 19.0 Å². The van der Waals surface area contributed by atoms with Crippen molar-refractivity contribution < 1.29 is 19.0 Å². The maximum Gasteiger partial charge on any atom is 0.357 e. The first-order valence-corrected chi connectivity index (χ1v) is 8.85. The van der Waals surface area contributed by atoms with E-state index in [9.17, 15) is 4.79 Å². The molecule has 0 aliphatic carbocycles. The minimum Gasteiger partial charge on any atom is -0.460 e. The van der Waals surface area contributed by atoms with Crippen molar-refractivity contribution in [2.45, 2.75) is 33.3 Å². The van der Waals surface area contributed by atoms with Crippen LogP contribution in [0.3, 0.4) is 0 Å². The van der Waals surface area contributed by atoms with Crippen LogP contribution in [0.4, 0.5) is 0 Å². The fourth-order valence-corrected chi connectivity index (χ4v) is 3.48. The maximum absolute atomic E-state index is 12.8. The molecule has 0 N–H and O–H groups in total. The van der Waals surface area contributed by atoms with Crippen LogP contribution in [0.15, 0.2) is 17.9 Å². The van der Waals surface area contributed by atoms with E-state index in [2.05, 4.69) is 0 Å². The van der Waals surface area contributed by atoms with Crippen LogP contribution in [-0.4, -0.2) is 23.9 Å². The molecule has 0 spiro atoms. The smallest absolute Gasteiger partial charge is 0.357 e. The fourth-order valence-electron chi connectivity index (χ4n) is 2.39. The molecule has 0 saturated carbocycles. The highest BCUT2D eigenvalue weighted by atomic mass is 35.5. The molecule has 25 heavy (non-hydrogen) atoms. The highest BCUT2D eigenvalue weighted by Crippen LogP contribution is 2.50. The second-order valence-corrected chi connectivity index (χ2v) is 8.11. The number of methoxy groups -OCH3 is 1. The molecule has 0 bridgehead atoms. The van der Waals surface area contributed by atoms with Crippen LogP contribution >= 0.6 is 47.0 Å². The van der Waals surface area contributed by atoms with E-state index in [0.717, 1.165) is 0 Å². The second kappa shape index (κ2) is 6.95. The first-order chi connectivity index (χ1) is 11.4. The van der Waals surface area contributed by atoms with Gasteiger partial charge in [-0.2, -0.15) is 0 Å². The summed E-state index contributed by atoms with van der Waals surface area (Å²) >= 11 is 23.6. The van der Waals surface area contributed by atoms with Gasteiger partial charge in [-0.1, -0.05) is 34.8 Å². The number of ether oxygens (including phenoxy) is 3. The van der Waals surface area contributed by atoms with Crippen LogP contribution in [0.25, 0.3) is 5.57 Å². The third-order valence-corrected chi connectivity index (χ3v) is 5.53. The number of carbonyl (C=O) groups excluding carboxylic acids is 1. The molecule has 0 radical (unpaired) electrons. The highest BCUT2D eigenvalue weighted by Gasteiger charge is 2.52. The molecule has 0 unspecified atom stereocenters. The number of cyclic esters (lactones) is 1. The third-order valence-electron chi connectivity index (χ3n) is 4.46. The van der Waals surface area contributed by atoms with E-state index >= 15 is 0 Å². The maximum atomic E-state index is 12.8. The van der Waals surface area contributed by atoms with E-state index in [4.69, 9.17) is 61.2 Å². The predicted octanol–water partition coefficient (Wildman–Crippen LogP) is 5.67. The van der Waals surface area contributed by atoms with Crippen LogP contribution in [0.5, 0.6) is 0 Å². The molecule has 1 aromatic carbocycles. The Morgan fingerprint density at radius 2 is 1.64 bits per heavy atom. The van der Waals surface area contributed by atoms with Crippen molar-refractivity contribution in [3.63, 3.8) is 0 Å². The van der Waals surface area contributed by atoms with Crippen molar-refractivity contribution in [2.24, 2.45) is 5.41 Å². The third kappa shape index (κ3) is 3.61. The van der Waals surface area contributed by atoms with Gasteiger partial charge in [-0.25, -0.2) is 4.79 Å². The Balaban J connectivity index is 2.84. The van der Waals surface area contributed by atoms with Crippen LogP contribution in [0, 0.1) is 5.41 Å². The molecule has 0 aromatic heterocycles. The standard InChI is InChI=1S/C17H17Cl3O4S/c1-16(2)13(23-15(25)22-5)12(14(21)24-17(16,3)4)11-9(19)6-8(18)7-10(11)20/h6-7H,1-5H3. The van der Waals surface area contributed by atoms with Gasteiger partial charge in [-0.05, 0) is 39.8 Å². The summed E-state index contributed by atoms with van der Waals surface area (Å²) in [4.78, 5) is 12.8. The quantitative estimate of drug-likeness (QED) is 0.453. The average Bonchev–Trinajstić information content (AvgIpc) is 2.46. The summed E-state index contributed by atoms with van der Waals surface area (Å²) < 4.78 is 16.3. The molecular formula is C17H17Cl3O4S. The normalized spacial score (nSPS) is 18.6. The molecule has 1 aromatic rings. The number of halogens is 3. The predicted molar refractivity (Wildman–Crippen MR) is 103 cm³/mol. The number of esters is 1. The van der Waals surface area contributed by atoms with Crippen molar-refractivity contribution in [1.29, 1.82) is 0 Å². The molecule has 0 fully saturated rings. The highest BCUT2D eigenvalue weighted by molar-refractivity contribution is 7.79. The summed E-state index contributed by atoms with van der Waals surface area (Å²) in [5.74, 6) is -0.351. The number of benzene rings is 1. The number of carbonyl (C=O) groups is 1. The first kappa shape index (κ1) is 20.3. The minimum absolute atomic E-state index is 0.0930. The summed E-state index contributed by atoms with van der Waals surface area (Å²) in [6, 6.07) is 2.98. The largest absolute Gasteiger partial charge is 0.460 e. The van der Waals surface area contributed by atoms with Gasteiger partial charge in [-0.3, -0.25) is 0 Å². The summed E-state index contributed by atoms with van der Waals surface area (Å²) in [6.07, 6.45) is 0. The topological polar surface area (TPSA) is 44.8 Å². The van der Waals surface area contributed by atoms with Gasteiger partial charge in [0.05, 0.1) is 22.6 Å². The monoisotopic (exact) mass is 422 g/mol. The van der Waals surface area contributed by atoms with Gasteiger partial charge >= 0.3 is 11.2 Å². The lowest BCUT2D eigenvalue weighted by Gasteiger charge is -2.45. The molecule has 1 aliphatic rings. The number of hydrogen-bond donors (Lipinski definition) is 0. The molecule has 0 saturated heterocycles. The summed E-state index contributed by atoms with van der Waals surface area (Å²) in [5, 5.41) is 0.610. The Bertz CT molecular complexity index is 761. The molecular weight excluding hydrogens is 407 g/mol. The molecule has 8 heteroatoms. The molecule has 136 valence electrons. The lowest BCUT2D eigenvalue weighted by atomic mass is 9.71. The summed E-state index contributed by atoms with van der Waals surface area (Å²) in [7, 11) is 1.38. The van der Waals surface area contributed by atoms with Gasteiger partial charge in [-0.15, -0.1) is 0 Å². The van der Waals surface area contributed by atoms with E-state index in [1.54, 1.807) is 13.8 Å². The Morgan fingerprint density at radius 1 is 1.12 bits per heavy atom. The molecule has 0 atom stereocenters. The Kier molecular flexibility index (Phi) is 5.65. The fraction of sp³-hybridized carbons (Fsp3) is 0.412. The molecule has 1 heterocycles. The van der Waals surface area contributed by atoms with Gasteiger partial charge in [0.15, 0.2) is 0 Å². The zero-order valence-electron chi connectivity index (χ0n) is 14.3. The van der Waals surface area contributed by atoms with Crippen LogP contribution in [0.1, 0.15) is 33.3 Å². The molecule has 0 amide bonds. The van der Waals surface area contributed by atoms with Gasteiger partial charge < -0.3 is 14.2 Å². The summed E-state index contributed by atoms with van der Waals surface area (Å²) in [6.45, 7) is 7.30. The van der Waals surface area contributed by atoms with Crippen molar-refractivity contribution in [2.75, 3.05) is 7.11 Å². The number of rotatable bonds is 2. The lowest BCUT2D eigenvalue weighted by Crippen LogP contribution is -2.49. The van der Waals surface area contributed by atoms with E-state index in [1.807, 2.05) is 13.8 Å². The summed E-state index contributed by atoms with van der Waals surface area (Å²) in [5.41, 5.74) is -1.24. The van der Waals surface area contributed by atoms with Gasteiger partial charge in [0.25, 0.3) is 0 Å². The molecule has 4 nitrogen and oxygen atoms in total. The van der Waals surface area contributed by atoms with Crippen molar-refractivity contribution in [1.82, 2.24) is 0 Å². The Morgan fingerprint density at radius 3 is 2.12 bits per heavy atom. The van der Waals surface area contributed by atoms with E-state index in [0.29, 0.717) is 5.02 Å². The van der Waals surface area contributed by atoms with Gasteiger partial charge in [0.2, 0.25) is 0 Å². The van der Waals surface area contributed by atoms with E-state index < -0.39 is 17.0 Å². The number of thiocarbonyl (C=S) groups is 1. The first-order valence-electron chi connectivity index (χ1n) is 7.31. The SMILES string of the molecule is COC(=S)OC1=C(c2c(Cl)cc(Cl)cc2Cl)C(=O)OC(C)(C)C1(C)C. The zero-order chi connectivity index (χ0) is 19.2. The van der Waals surface area contributed by atoms with Crippen LogP contribution in [0.2, 0.25) is 15.1 Å². The van der Waals surface area contributed by atoms with Gasteiger partial charge in [0.1, 0.15) is 16.9 Å². The van der Waals surface area contributed by atoms with E-state index in [1.165, 1.54) is 19.2 Å². The number of hydrogen-bond acceptors (Lipinski definition) is 5. The van der Waals surface area contributed by atoms with Gasteiger partial charge in [0, 0.05) is 22.8 Å². The lowest BCUT2D eigenvalue weighted by molar-refractivity contribution is -0.164. The van der Waals surface area contributed by atoms with Crippen LogP contribution < -0.4 is 0 Å². The van der Waals surface area contributed by atoms with Crippen molar-refractivity contribution >= 4 is 63.8 Å². The van der Waals surface area contributed by atoms with Crippen molar-refractivity contribution in [3.05, 3.63) is 38.5 Å². The van der Waals surface area contributed by atoms with Crippen molar-refractivity contribution in [3.8, 4) is 0 Å². The molecule has 2 rings (SSSR count). The Labute approximate surface area is 167 Å². The zero-order valence-corrected chi connectivity index (χ0v) is 17.4. The van der Waals surface area contributed by atoms with E-state index in [-0.39, 0.29) is 32.2 Å². The average molecular weight is 424 g/mol.